The first-order valence-electron chi connectivity index (χ1n) is 10.2. The maximum atomic E-state index is 11.8. The van der Waals surface area contributed by atoms with Crippen LogP contribution in [0.2, 0.25) is 0 Å². The number of carboxylic acid groups (broad SMARTS) is 1. The van der Waals surface area contributed by atoms with Crippen LogP contribution in [-0.4, -0.2) is 125 Å². The van der Waals surface area contributed by atoms with Gasteiger partial charge in [0, 0.05) is 13.5 Å². The molecule has 0 aliphatic carbocycles. The topological polar surface area (TPSA) is 248 Å². The summed E-state index contributed by atoms with van der Waals surface area (Å²) < 4.78 is 55.9. The van der Waals surface area contributed by atoms with Crippen molar-refractivity contribution < 1.29 is 71.2 Å². The van der Waals surface area contributed by atoms with Crippen molar-refractivity contribution in [3.63, 3.8) is 0 Å². The highest BCUT2D eigenvalue weighted by molar-refractivity contribution is 7.80. The second-order valence-electron chi connectivity index (χ2n) is 7.68. The first-order chi connectivity index (χ1) is 15.8. The molecule has 2 aliphatic heterocycles. The molecular formula is C17H29NO15S. The molecule has 0 bridgehead atoms. The average molecular weight is 519 g/mol. The van der Waals surface area contributed by atoms with Crippen molar-refractivity contribution >= 4 is 22.3 Å². The highest BCUT2D eigenvalue weighted by Gasteiger charge is 2.53. The van der Waals surface area contributed by atoms with E-state index in [1.807, 2.05) is 0 Å². The van der Waals surface area contributed by atoms with Crippen LogP contribution in [0.1, 0.15) is 20.3 Å². The van der Waals surface area contributed by atoms with Gasteiger partial charge in [0.05, 0.1) is 6.61 Å². The molecule has 0 aromatic heterocycles. The summed E-state index contributed by atoms with van der Waals surface area (Å²) in [7, 11) is -4.96. The number of ether oxygens (including phenoxy) is 4. The molecule has 2 saturated heterocycles. The zero-order chi connectivity index (χ0) is 25.8. The fraction of sp³-hybridized carbons (Fsp3) is 0.882. The highest BCUT2D eigenvalue weighted by atomic mass is 32.3. The minimum Gasteiger partial charge on any atom is -0.479 e. The van der Waals surface area contributed by atoms with Crippen molar-refractivity contribution in [2.45, 2.75) is 81.6 Å². The minimum atomic E-state index is -4.96. The second-order valence-corrected chi connectivity index (χ2v) is 8.77. The van der Waals surface area contributed by atoms with E-state index < -0.39 is 90.2 Å². The summed E-state index contributed by atoms with van der Waals surface area (Å²) in [5.41, 5.74) is 0. The zero-order valence-corrected chi connectivity index (χ0v) is 19.0. The molecule has 198 valence electrons. The first-order valence-corrected chi connectivity index (χ1v) is 11.5. The van der Waals surface area contributed by atoms with Gasteiger partial charge in [0.15, 0.2) is 18.7 Å². The molecule has 0 saturated carbocycles. The molecule has 7 N–H and O–H groups in total. The molecule has 16 nitrogen and oxygen atoms in total. The number of hydrogen-bond donors (Lipinski definition) is 7. The summed E-state index contributed by atoms with van der Waals surface area (Å²) in [4.78, 5) is 23.4. The summed E-state index contributed by atoms with van der Waals surface area (Å²) in [6, 6.07) is -1.54. The SMILES string of the molecule is CCCO[C@@H]1O[C@H](C(=O)O)[C@@H](O[C@@H]2O[C@H](COS(=O)(=O)O)[C@H](O)[C@H](O)[C@H]2NC(C)=O)[C@H](O)[C@H]1O. The van der Waals surface area contributed by atoms with E-state index in [1.54, 1.807) is 6.92 Å². The summed E-state index contributed by atoms with van der Waals surface area (Å²) in [5, 5.41) is 53.3. The van der Waals surface area contributed by atoms with Gasteiger partial charge in [0.25, 0.3) is 0 Å². The van der Waals surface area contributed by atoms with Gasteiger partial charge in [0.2, 0.25) is 5.91 Å². The van der Waals surface area contributed by atoms with E-state index in [0.29, 0.717) is 6.42 Å². The van der Waals surface area contributed by atoms with Gasteiger partial charge >= 0.3 is 16.4 Å². The van der Waals surface area contributed by atoms with Gasteiger partial charge in [-0.2, -0.15) is 8.42 Å². The molecule has 2 fully saturated rings. The lowest BCUT2D eigenvalue weighted by Gasteiger charge is -2.46. The maximum absolute atomic E-state index is 11.8. The van der Waals surface area contributed by atoms with Crippen molar-refractivity contribution in [2.24, 2.45) is 0 Å². The van der Waals surface area contributed by atoms with Gasteiger partial charge in [-0.05, 0) is 6.42 Å². The van der Waals surface area contributed by atoms with E-state index >= 15 is 0 Å². The molecule has 10 atom stereocenters. The Morgan fingerprint density at radius 3 is 2.18 bits per heavy atom. The standard InChI is InChI=1S/C17H29NO15S/c1-3-4-29-17-12(23)11(22)13(14(33-17)15(24)25)32-16-8(18-6(2)19)10(21)9(20)7(31-16)5-30-34(26,27)28/h7-14,16-17,20-23H,3-5H2,1-2H3,(H,18,19)(H,24,25)(H,26,27,28)/t7-,8-,9+,10-,11-,12-,13+,14+,16+,17-/m1/s1. The molecule has 2 rings (SSSR count). The van der Waals surface area contributed by atoms with Crippen LogP contribution in [0.5, 0.6) is 0 Å². The Morgan fingerprint density at radius 2 is 1.65 bits per heavy atom. The molecule has 2 heterocycles. The van der Waals surface area contributed by atoms with Crippen molar-refractivity contribution in [2.75, 3.05) is 13.2 Å². The van der Waals surface area contributed by atoms with E-state index in [4.69, 9.17) is 23.5 Å². The Bertz CT molecular complexity index is 809. The van der Waals surface area contributed by atoms with Crippen LogP contribution < -0.4 is 5.32 Å². The van der Waals surface area contributed by atoms with Crippen LogP contribution in [-0.2, 0) is 43.1 Å². The van der Waals surface area contributed by atoms with Crippen molar-refractivity contribution in [1.82, 2.24) is 5.32 Å². The van der Waals surface area contributed by atoms with Gasteiger partial charge in [-0.1, -0.05) is 6.92 Å². The van der Waals surface area contributed by atoms with Crippen molar-refractivity contribution in [3.8, 4) is 0 Å². The van der Waals surface area contributed by atoms with Gasteiger partial charge in [-0.3, -0.25) is 9.35 Å². The smallest absolute Gasteiger partial charge is 0.397 e. The van der Waals surface area contributed by atoms with Crippen LogP contribution in [0.25, 0.3) is 0 Å². The number of aliphatic carboxylic acids is 1. The summed E-state index contributed by atoms with van der Waals surface area (Å²) >= 11 is 0. The molecule has 0 radical (unpaired) electrons. The van der Waals surface area contributed by atoms with Gasteiger partial charge in [-0.25, -0.2) is 8.98 Å². The molecule has 0 spiro atoms. The Labute approximate surface area is 194 Å². The van der Waals surface area contributed by atoms with Gasteiger partial charge in [0.1, 0.15) is 42.7 Å². The Balaban J connectivity index is 2.29. The molecule has 2 aliphatic rings. The molecular weight excluding hydrogens is 490 g/mol. The summed E-state index contributed by atoms with van der Waals surface area (Å²) in [5.74, 6) is -2.33. The number of carbonyl (C=O) groups is 2. The lowest BCUT2D eigenvalue weighted by Crippen LogP contribution is -2.68. The summed E-state index contributed by atoms with van der Waals surface area (Å²) in [6.07, 6.45) is -15.6. The normalized spacial score (nSPS) is 38.9. The maximum Gasteiger partial charge on any atom is 0.397 e. The number of rotatable bonds is 10. The highest BCUT2D eigenvalue weighted by Crippen LogP contribution is 2.30. The molecule has 1 amide bonds. The van der Waals surface area contributed by atoms with Crippen molar-refractivity contribution in [1.29, 1.82) is 0 Å². The third-order valence-electron chi connectivity index (χ3n) is 5.02. The molecule has 0 aromatic carbocycles. The number of carboxylic acids is 1. The van der Waals surface area contributed by atoms with Crippen LogP contribution >= 0.6 is 0 Å². The van der Waals surface area contributed by atoms with E-state index in [0.717, 1.165) is 6.92 Å². The molecule has 0 unspecified atom stereocenters. The Hall–Kier alpha value is -1.51. The fourth-order valence-electron chi connectivity index (χ4n) is 3.44. The lowest BCUT2D eigenvalue weighted by atomic mass is 9.95. The number of hydrogen-bond acceptors (Lipinski definition) is 13. The predicted octanol–water partition coefficient (Wildman–Crippen LogP) is -3.90. The molecule has 0 aromatic rings. The van der Waals surface area contributed by atoms with E-state index in [1.165, 1.54) is 0 Å². The zero-order valence-electron chi connectivity index (χ0n) is 18.2. The van der Waals surface area contributed by atoms with E-state index in [9.17, 15) is 43.5 Å². The quantitative estimate of drug-likeness (QED) is 0.136. The van der Waals surface area contributed by atoms with E-state index in [-0.39, 0.29) is 6.61 Å². The number of amides is 1. The molecule has 17 heteroatoms. The summed E-state index contributed by atoms with van der Waals surface area (Å²) in [6.45, 7) is 1.89. The minimum absolute atomic E-state index is 0.0855. The van der Waals surface area contributed by atoms with Crippen LogP contribution in [0, 0.1) is 0 Å². The fourth-order valence-corrected chi connectivity index (χ4v) is 3.75. The van der Waals surface area contributed by atoms with Crippen molar-refractivity contribution in [3.05, 3.63) is 0 Å². The molecule has 34 heavy (non-hydrogen) atoms. The van der Waals surface area contributed by atoms with Gasteiger partial charge in [-0.15, -0.1) is 0 Å². The van der Waals surface area contributed by atoms with Crippen LogP contribution in [0.4, 0.5) is 0 Å². The largest absolute Gasteiger partial charge is 0.479 e. The second kappa shape index (κ2) is 12.0. The lowest BCUT2D eigenvalue weighted by molar-refractivity contribution is -0.340. The predicted molar refractivity (Wildman–Crippen MR) is 105 cm³/mol. The van der Waals surface area contributed by atoms with Crippen LogP contribution in [0.15, 0.2) is 0 Å². The number of carbonyl (C=O) groups excluding carboxylic acids is 1. The Morgan fingerprint density at radius 1 is 1.00 bits per heavy atom. The van der Waals surface area contributed by atoms with Crippen LogP contribution in [0.3, 0.4) is 0 Å². The first kappa shape index (κ1) is 28.7. The van der Waals surface area contributed by atoms with Gasteiger partial charge < -0.3 is 49.8 Å². The monoisotopic (exact) mass is 519 g/mol. The Kier molecular flexibility index (Phi) is 10.1. The number of nitrogens with one attached hydrogen (secondary N) is 1. The average Bonchev–Trinajstić information content (AvgIpc) is 2.73. The van der Waals surface area contributed by atoms with E-state index in [2.05, 4.69) is 9.50 Å². The number of aliphatic hydroxyl groups is 4. The third kappa shape index (κ3) is 7.25. The number of aliphatic hydroxyl groups excluding tert-OH is 4. The third-order valence-corrected chi connectivity index (χ3v) is 5.45.